The van der Waals surface area contributed by atoms with Crippen molar-refractivity contribution >= 4 is 0 Å². The van der Waals surface area contributed by atoms with Crippen LogP contribution < -0.4 is 5.73 Å². The van der Waals surface area contributed by atoms with Gasteiger partial charge in [-0.1, -0.05) is 42.5 Å². The summed E-state index contributed by atoms with van der Waals surface area (Å²) in [6.45, 7) is 0.636. The number of hydrogen-bond acceptors (Lipinski definition) is 1. The molecular weight excluding hydrogens is 182 g/mol. The van der Waals surface area contributed by atoms with Crippen LogP contribution in [0.3, 0.4) is 0 Å². The average Bonchev–Trinajstić information content (AvgIpc) is 2.67. The Morgan fingerprint density at radius 3 is 2.60 bits per heavy atom. The summed E-state index contributed by atoms with van der Waals surface area (Å²) in [5, 5.41) is 0. The lowest BCUT2D eigenvalue weighted by atomic mass is 10.0. The SMILES string of the molecule is NCc1cccc2c1Cc1ccccc1-2. The minimum Gasteiger partial charge on any atom is -0.326 e. The van der Waals surface area contributed by atoms with Crippen LogP contribution in [0, 0.1) is 0 Å². The molecule has 0 heterocycles. The van der Waals surface area contributed by atoms with Gasteiger partial charge in [-0.2, -0.15) is 0 Å². The van der Waals surface area contributed by atoms with E-state index in [0.717, 1.165) is 6.42 Å². The molecule has 1 heteroatoms. The van der Waals surface area contributed by atoms with Crippen molar-refractivity contribution in [2.45, 2.75) is 13.0 Å². The van der Waals surface area contributed by atoms with Gasteiger partial charge >= 0.3 is 0 Å². The predicted molar refractivity (Wildman–Crippen MR) is 62.6 cm³/mol. The summed E-state index contributed by atoms with van der Waals surface area (Å²) >= 11 is 0. The van der Waals surface area contributed by atoms with Crippen LogP contribution in [0.5, 0.6) is 0 Å². The summed E-state index contributed by atoms with van der Waals surface area (Å²) in [4.78, 5) is 0. The van der Waals surface area contributed by atoms with Crippen molar-refractivity contribution in [1.29, 1.82) is 0 Å². The zero-order valence-electron chi connectivity index (χ0n) is 8.53. The fraction of sp³-hybridized carbons (Fsp3) is 0.143. The first-order valence-electron chi connectivity index (χ1n) is 5.29. The highest BCUT2D eigenvalue weighted by molar-refractivity contribution is 5.77. The van der Waals surface area contributed by atoms with Crippen LogP contribution in [0.1, 0.15) is 16.7 Å². The number of rotatable bonds is 1. The van der Waals surface area contributed by atoms with Crippen LogP contribution in [-0.4, -0.2) is 0 Å². The van der Waals surface area contributed by atoms with Crippen LogP contribution in [0.25, 0.3) is 11.1 Å². The second kappa shape index (κ2) is 3.21. The van der Waals surface area contributed by atoms with Crippen molar-refractivity contribution in [2.75, 3.05) is 0 Å². The molecule has 2 aromatic rings. The molecule has 2 N–H and O–H groups in total. The first kappa shape index (κ1) is 8.69. The Kier molecular flexibility index (Phi) is 1.86. The van der Waals surface area contributed by atoms with Crippen molar-refractivity contribution in [2.24, 2.45) is 5.73 Å². The molecule has 3 rings (SSSR count). The lowest BCUT2D eigenvalue weighted by Crippen LogP contribution is -2.00. The van der Waals surface area contributed by atoms with Crippen LogP contribution in [-0.2, 0) is 13.0 Å². The summed E-state index contributed by atoms with van der Waals surface area (Å²) in [7, 11) is 0. The molecule has 15 heavy (non-hydrogen) atoms. The topological polar surface area (TPSA) is 26.0 Å². The zero-order chi connectivity index (χ0) is 10.3. The summed E-state index contributed by atoms with van der Waals surface area (Å²) in [5.74, 6) is 0. The Balaban J connectivity index is 2.26. The molecule has 0 atom stereocenters. The van der Waals surface area contributed by atoms with Gasteiger partial charge in [-0.3, -0.25) is 0 Å². The monoisotopic (exact) mass is 195 g/mol. The fourth-order valence-corrected chi connectivity index (χ4v) is 2.41. The van der Waals surface area contributed by atoms with Gasteiger partial charge in [0.25, 0.3) is 0 Å². The van der Waals surface area contributed by atoms with E-state index in [9.17, 15) is 0 Å². The highest BCUT2D eigenvalue weighted by atomic mass is 14.5. The largest absolute Gasteiger partial charge is 0.326 e. The third-order valence-electron chi connectivity index (χ3n) is 3.17. The number of hydrogen-bond donors (Lipinski definition) is 1. The van der Waals surface area contributed by atoms with Gasteiger partial charge in [0.05, 0.1) is 0 Å². The van der Waals surface area contributed by atoms with E-state index in [1.807, 2.05) is 0 Å². The van der Waals surface area contributed by atoms with E-state index in [4.69, 9.17) is 5.73 Å². The molecule has 0 radical (unpaired) electrons. The third-order valence-corrected chi connectivity index (χ3v) is 3.17. The molecule has 0 spiro atoms. The molecule has 1 nitrogen and oxygen atoms in total. The minimum atomic E-state index is 0.636. The van der Waals surface area contributed by atoms with Crippen molar-refractivity contribution in [3.05, 3.63) is 59.2 Å². The van der Waals surface area contributed by atoms with Gasteiger partial charge in [0, 0.05) is 6.54 Å². The van der Waals surface area contributed by atoms with E-state index in [2.05, 4.69) is 42.5 Å². The van der Waals surface area contributed by atoms with E-state index in [1.54, 1.807) is 0 Å². The predicted octanol–water partition coefficient (Wildman–Crippen LogP) is 2.72. The van der Waals surface area contributed by atoms with Crippen molar-refractivity contribution in [3.63, 3.8) is 0 Å². The number of nitrogens with two attached hydrogens (primary N) is 1. The van der Waals surface area contributed by atoms with Crippen molar-refractivity contribution < 1.29 is 0 Å². The summed E-state index contributed by atoms with van der Waals surface area (Å²) in [6, 6.07) is 15.0. The second-order valence-corrected chi connectivity index (χ2v) is 3.98. The smallest absolute Gasteiger partial charge is 0.0181 e. The second-order valence-electron chi connectivity index (χ2n) is 3.98. The third kappa shape index (κ3) is 1.20. The van der Waals surface area contributed by atoms with Crippen molar-refractivity contribution in [1.82, 2.24) is 0 Å². The minimum absolute atomic E-state index is 0.636. The zero-order valence-corrected chi connectivity index (χ0v) is 8.53. The molecule has 0 saturated carbocycles. The van der Waals surface area contributed by atoms with E-state index in [1.165, 1.54) is 27.8 Å². The normalized spacial score (nSPS) is 12.3. The molecular formula is C14H13N. The lowest BCUT2D eigenvalue weighted by molar-refractivity contribution is 1.03. The Bertz CT molecular complexity index is 514. The molecule has 0 aliphatic heterocycles. The van der Waals surface area contributed by atoms with E-state index in [-0.39, 0.29) is 0 Å². The van der Waals surface area contributed by atoms with Gasteiger partial charge in [0.15, 0.2) is 0 Å². The van der Waals surface area contributed by atoms with Crippen LogP contribution in [0.15, 0.2) is 42.5 Å². The Morgan fingerprint density at radius 1 is 0.933 bits per heavy atom. The molecule has 1 aliphatic carbocycles. The van der Waals surface area contributed by atoms with E-state index < -0.39 is 0 Å². The molecule has 1 aliphatic rings. The molecule has 74 valence electrons. The molecule has 0 fully saturated rings. The highest BCUT2D eigenvalue weighted by Crippen LogP contribution is 2.37. The first-order valence-corrected chi connectivity index (χ1v) is 5.29. The van der Waals surface area contributed by atoms with Crippen LogP contribution in [0.4, 0.5) is 0 Å². The summed E-state index contributed by atoms with van der Waals surface area (Å²) in [6.07, 6.45) is 1.04. The summed E-state index contributed by atoms with van der Waals surface area (Å²) < 4.78 is 0. The van der Waals surface area contributed by atoms with Crippen LogP contribution in [0.2, 0.25) is 0 Å². The molecule has 0 bridgehead atoms. The molecule has 0 saturated heterocycles. The molecule has 0 amide bonds. The number of benzene rings is 2. The molecule has 0 aromatic heterocycles. The average molecular weight is 195 g/mol. The van der Waals surface area contributed by atoms with Crippen LogP contribution >= 0.6 is 0 Å². The lowest BCUT2D eigenvalue weighted by Gasteiger charge is -2.05. The van der Waals surface area contributed by atoms with Gasteiger partial charge in [0.2, 0.25) is 0 Å². The maximum Gasteiger partial charge on any atom is 0.0181 e. The van der Waals surface area contributed by atoms with Gasteiger partial charge in [0.1, 0.15) is 0 Å². The Hall–Kier alpha value is -1.60. The summed E-state index contributed by atoms with van der Waals surface area (Å²) in [5.41, 5.74) is 12.6. The first-order chi connectivity index (χ1) is 7.40. The Labute approximate surface area is 89.6 Å². The van der Waals surface area contributed by atoms with Gasteiger partial charge in [-0.05, 0) is 34.2 Å². The van der Waals surface area contributed by atoms with E-state index >= 15 is 0 Å². The number of fused-ring (bicyclic) bond motifs is 3. The van der Waals surface area contributed by atoms with Crippen molar-refractivity contribution in [3.8, 4) is 11.1 Å². The van der Waals surface area contributed by atoms with Gasteiger partial charge in [-0.25, -0.2) is 0 Å². The Morgan fingerprint density at radius 2 is 1.73 bits per heavy atom. The molecule has 0 unspecified atom stereocenters. The quantitative estimate of drug-likeness (QED) is 0.634. The highest BCUT2D eigenvalue weighted by Gasteiger charge is 2.19. The maximum absolute atomic E-state index is 5.76. The van der Waals surface area contributed by atoms with Gasteiger partial charge < -0.3 is 5.73 Å². The molecule has 2 aromatic carbocycles. The van der Waals surface area contributed by atoms with Gasteiger partial charge in [-0.15, -0.1) is 0 Å². The fourth-order valence-electron chi connectivity index (χ4n) is 2.41. The standard InChI is InChI=1S/C14H13N/c15-9-11-5-3-7-13-12-6-2-1-4-10(12)8-14(11)13/h1-7H,8-9,15H2. The maximum atomic E-state index is 5.76. The van der Waals surface area contributed by atoms with E-state index in [0.29, 0.717) is 6.54 Å².